The Kier molecular flexibility index (Phi) is 5.13. The zero-order valence-corrected chi connectivity index (χ0v) is 16.5. The molecule has 0 bridgehead atoms. The van der Waals surface area contributed by atoms with Crippen LogP contribution in [0.5, 0.6) is 5.75 Å². The summed E-state index contributed by atoms with van der Waals surface area (Å²) in [6.07, 6.45) is 0. The van der Waals surface area contributed by atoms with Gasteiger partial charge in [0, 0.05) is 10.0 Å². The van der Waals surface area contributed by atoms with E-state index in [2.05, 4.69) is 31.4 Å². The number of benzene rings is 3. The van der Waals surface area contributed by atoms with Gasteiger partial charge < -0.3 is 4.74 Å². The van der Waals surface area contributed by atoms with Gasteiger partial charge in [-0.2, -0.15) is 0 Å². The topological polar surface area (TPSA) is 64.1 Å². The van der Waals surface area contributed by atoms with Gasteiger partial charge in [-0.1, -0.05) is 69.7 Å². The maximum atomic E-state index is 12.1. The highest BCUT2D eigenvalue weighted by atomic mass is 79.9. The minimum atomic E-state index is -0.276. The fraction of sp³-hybridized carbons (Fsp3) is 0.0500. The van der Waals surface area contributed by atoms with E-state index in [9.17, 15) is 4.79 Å². The average Bonchev–Trinajstić information content (AvgIpc) is 3.15. The van der Waals surface area contributed by atoms with Crippen LogP contribution < -0.4 is 10.1 Å². The summed E-state index contributed by atoms with van der Waals surface area (Å²) in [6.45, 7) is -0.0917. The average molecular weight is 440 g/mol. The summed E-state index contributed by atoms with van der Waals surface area (Å²) in [5, 5.41) is 14.2. The molecule has 0 aliphatic rings. The van der Waals surface area contributed by atoms with Crippen LogP contribution in [0.25, 0.3) is 21.3 Å². The molecule has 7 heteroatoms. The summed E-state index contributed by atoms with van der Waals surface area (Å²) < 4.78 is 6.59. The molecule has 4 rings (SSSR count). The molecular formula is C20H14BrN3O2S. The van der Waals surface area contributed by atoms with Crippen LogP contribution in [0.3, 0.4) is 0 Å². The van der Waals surface area contributed by atoms with Gasteiger partial charge in [-0.3, -0.25) is 10.1 Å². The molecule has 1 N–H and O–H groups in total. The fourth-order valence-corrected chi connectivity index (χ4v) is 3.57. The number of aromatic nitrogens is 2. The van der Waals surface area contributed by atoms with E-state index in [1.807, 2.05) is 66.7 Å². The van der Waals surface area contributed by atoms with E-state index >= 15 is 0 Å². The summed E-state index contributed by atoms with van der Waals surface area (Å²) in [5.74, 6) is 0.373. The van der Waals surface area contributed by atoms with Crippen LogP contribution in [0.15, 0.2) is 71.2 Å². The summed E-state index contributed by atoms with van der Waals surface area (Å²) in [6, 6.07) is 21.5. The smallest absolute Gasteiger partial charge is 0.264 e. The summed E-state index contributed by atoms with van der Waals surface area (Å²) in [5.41, 5.74) is 0.948. The minimum Gasteiger partial charge on any atom is -0.484 e. The maximum Gasteiger partial charge on any atom is 0.264 e. The third kappa shape index (κ3) is 4.32. The van der Waals surface area contributed by atoms with Gasteiger partial charge in [-0.05, 0) is 35.0 Å². The van der Waals surface area contributed by atoms with Gasteiger partial charge >= 0.3 is 0 Å². The molecule has 134 valence electrons. The highest BCUT2D eigenvalue weighted by Crippen LogP contribution is 2.27. The molecule has 0 atom stereocenters. The Balaban J connectivity index is 1.37. The lowest BCUT2D eigenvalue weighted by Gasteiger charge is -2.06. The van der Waals surface area contributed by atoms with Crippen molar-refractivity contribution >= 4 is 49.1 Å². The molecular weight excluding hydrogens is 426 g/mol. The second kappa shape index (κ2) is 7.85. The Bertz CT molecular complexity index is 1100. The lowest BCUT2D eigenvalue weighted by Crippen LogP contribution is -2.20. The molecule has 1 amide bonds. The van der Waals surface area contributed by atoms with E-state index in [1.54, 1.807) is 0 Å². The normalized spacial score (nSPS) is 10.7. The van der Waals surface area contributed by atoms with Crippen molar-refractivity contribution in [2.75, 3.05) is 11.9 Å². The number of halogens is 1. The summed E-state index contributed by atoms with van der Waals surface area (Å²) in [4.78, 5) is 12.1. The quantitative estimate of drug-likeness (QED) is 0.467. The lowest BCUT2D eigenvalue weighted by atomic mass is 10.1. The third-order valence-electron chi connectivity index (χ3n) is 3.85. The molecule has 0 spiro atoms. The molecule has 0 saturated heterocycles. The lowest BCUT2D eigenvalue weighted by molar-refractivity contribution is -0.118. The molecule has 0 unspecified atom stereocenters. The van der Waals surface area contributed by atoms with Crippen molar-refractivity contribution in [3.8, 4) is 16.3 Å². The molecule has 27 heavy (non-hydrogen) atoms. The number of rotatable bonds is 5. The van der Waals surface area contributed by atoms with Crippen molar-refractivity contribution < 1.29 is 9.53 Å². The summed E-state index contributed by atoms with van der Waals surface area (Å²) >= 11 is 4.72. The van der Waals surface area contributed by atoms with Crippen LogP contribution in [0, 0.1) is 0 Å². The number of anilines is 1. The van der Waals surface area contributed by atoms with E-state index < -0.39 is 0 Å². The number of fused-ring (bicyclic) bond motifs is 1. The van der Waals surface area contributed by atoms with Crippen LogP contribution in [0.2, 0.25) is 0 Å². The molecule has 0 radical (unpaired) electrons. The van der Waals surface area contributed by atoms with Gasteiger partial charge in [-0.15, -0.1) is 10.2 Å². The number of nitrogens with zero attached hydrogens (tertiary/aromatic N) is 2. The van der Waals surface area contributed by atoms with Gasteiger partial charge in [-0.25, -0.2) is 0 Å². The highest BCUT2D eigenvalue weighted by Gasteiger charge is 2.10. The van der Waals surface area contributed by atoms with Crippen molar-refractivity contribution in [1.29, 1.82) is 0 Å². The predicted molar refractivity (Wildman–Crippen MR) is 111 cm³/mol. The number of hydrogen-bond donors (Lipinski definition) is 1. The molecule has 1 aromatic heterocycles. The van der Waals surface area contributed by atoms with E-state index in [1.165, 1.54) is 11.3 Å². The first kappa shape index (κ1) is 17.6. The molecule has 5 nitrogen and oxygen atoms in total. The largest absolute Gasteiger partial charge is 0.484 e. The van der Waals surface area contributed by atoms with E-state index in [-0.39, 0.29) is 12.5 Å². The van der Waals surface area contributed by atoms with Crippen molar-refractivity contribution in [3.63, 3.8) is 0 Å². The molecule has 0 aliphatic carbocycles. The molecule has 3 aromatic carbocycles. The number of ether oxygens (including phenoxy) is 1. The van der Waals surface area contributed by atoms with Gasteiger partial charge in [0.25, 0.3) is 5.91 Å². The first-order valence-electron chi connectivity index (χ1n) is 8.18. The monoisotopic (exact) mass is 439 g/mol. The maximum absolute atomic E-state index is 12.1. The molecule has 0 fully saturated rings. The Morgan fingerprint density at radius 1 is 1.00 bits per heavy atom. The molecule has 0 aliphatic heterocycles. The summed E-state index contributed by atoms with van der Waals surface area (Å²) in [7, 11) is 0. The minimum absolute atomic E-state index is 0.0917. The number of carbonyl (C=O) groups excluding carboxylic acids is 1. The zero-order chi connectivity index (χ0) is 18.6. The Morgan fingerprint density at radius 2 is 1.78 bits per heavy atom. The number of amides is 1. The fourth-order valence-electron chi connectivity index (χ4n) is 2.54. The predicted octanol–water partition coefficient (Wildman–Crippen LogP) is 5.14. The van der Waals surface area contributed by atoms with Crippen molar-refractivity contribution in [3.05, 3.63) is 71.2 Å². The highest BCUT2D eigenvalue weighted by molar-refractivity contribution is 9.10. The third-order valence-corrected chi connectivity index (χ3v) is 5.27. The van der Waals surface area contributed by atoms with E-state index in [0.29, 0.717) is 10.9 Å². The Hall–Kier alpha value is -2.77. The molecule has 0 saturated carbocycles. The molecule has 4 aromatic rings. The second-order valence-corrected chi connectivity index (χ2v) is 7.66. The van der Waals surface area contributed by atoms with E-state index in [4.69, 9.17) is 4.74 Å². The van der Waals surface area contributed by atoms with Crippen LogP contribution >= 0.6 is 27.3 Å². The van der Waals surface area contributed by atoms with Crippen LogP contribution in [-0.2, 0) is 4.79 Å². The zero-order valence-electron chi connectivity index (χ0n) is 14.1. The van der Waals surface area contributed by atoms with Crippen molar-refractivity contribution in [2.45, 2.75) is 0 Å². The van der Waals surface area contributed by atoms with Crippen LogP contribution in [-0.4, -0.2) is 22.7 Å². The van der Waals surface area contributed by atoms with Gasteiger partial charge in [0.1, 0.15) is 10.8 Å². The number of nitrogens with one attached hydrogen (secondary N) is 1. The number of carbonyl (C=O) groups is 1. The van der Waals surface area contributed by atoms with Crippen LogP contribution in [0.1, 0.15) is 0 Å². The first-order valence-corrected chi connectivity index (χ1v) is 9.79. The van der Waals surface area contributed by atoms with Gasteiger partial charge in [0.15, 0.2) is 6.61 Å². The second-order valence-electron chi connectivity index (χ2n) is 5.77. The Labute approximate surface area is 168 Å². The van der Waals surface area contributed by atoms with Gasteiger partial charge in [0.2, 0.25) is 5.13 Å². The standard InChI is InChI=1S/C20H14BrN3O2S/c21-16-8-5-14(6-9-16)19-23-24-20(27-19)22-18(25)12-26-17-10-7-13-3-1-2-4-15(13)11-17/h1-11H,12H2,(H,22,24,25). The van der Waals surface area contributed by atoms with Crippen molar-refractivity contribution in [2.24, 2.45) is 0 Å². The van der Waals surface area contributed by atoms with Gasteiger partial charge in [0.05, 0.1) is 0 Å². The van der Waals surface area contributed by atoms with Crippen LogP contribution in [0.4, 0.5) is 5.13 Å². The Morgan fingerprint density at radius 3 is 2.59 bits per heavy atom. The van der Waals surface area contributed by atoms with Crippen molar-refractivity contribution in [1.82, 2.24) is 10.2 Å². The number of hydrogen-bond acceptors (Lipinski definition) is 5. The SMILES string of the molecule is O=C(COc1ccc2ccccc2c1)Nc1nnc(-c2ccc(Br)cc2)s1. The van der Waals surface area contributed by atoms with E-state index in [0.717, 1.165) is 25.8 Å². The molecule has 1 heterocycles. The first-order chi connectivity index (χ1) is 13.2.